The first-order valence-corrected chi connectivity index (χ1v) is 6.11. The topological polar surface area (TPSA) is 132 Å². The fraction of sp³-hybridized carbons (Fsp3) is 0.273. The summed E-state index contributed by atoms with van der Waals surface area (Å²) in [7, 11) is 0. The normalized spacial score (nSPS) is 12.2. The molecule has 0 fully saturated rings. The van der Waals surface area contributed by atoms with Crippen LogP contribution in [0, 0.1) is 10.1 Å². The van der Waals surface area contributed by atoms with Gasteiger partial charge in [0, 0.05) is 6.07 Å². The minimum atomic E-state index is -0.713. The fourth-order valence-electron chi connectivity index (χ4n) is 1.84. The Morgan fingerprint density at radius 1 is 1.45 bits per heavy atom. The van der Waals surface area contributed by atoms with E-state index in [2.05, 4.69) is 15.5 Å². The maximum Gasteiger partial charge on any atom is 0.338 e. The van der Waals surface area contributed by atoms with Crippen molar-refractivity contribution in [2.75, 3.05) is 13.4 Å². The zero-order valence-electron chi connectivity index (χ0n) is 11.0. The monoisotopic (exact) mass is 307 g/mol. The smallest absolute Gasteiger partial charge is 0.338 e. The van der Waals surface area contributed by atoms with Crippen molar-refractivity contribution >= 4 is 11.7 Å². The van der Waals surface area contributed by atoms with E-state index in [0.717, 1.165) is 6.07 Å². The molecule has 11 nitrogen and oxygen atoms in total. The van der Waals surface area contributed by atoms with Gasteiger partial charge in [-0.2, -0.15) is 0 Å². The minimum absolute atomic E-state index is 0.00710. The summed E-state index contributed by atoms with van der Waals surface area (Å²) >= 11 is 0. The number of fused-ring (bicyclic) bond motifs is 1. The molecule has 0 bridgehead atoms. The molecule has 0 atom stereocenters. The first-order valence-electron chi connectivity index (χ1n) is 6.11. The van der Waals surface area contributed by atoms with Crippen LogP contribution in [0.1, 0.15) is 10.4 Å². The number of nitrogens with zero attached hydrogens (tertiary/aromatic N) is 5. The Bertz CT molecular complexity index is 716. The van der Waals surface area contributed by atoms with E-state index >= 15 is 0 Å². The standard InChI is InChI=1S/C11H9N5O6/c17-11(20-2-1-15-5-12-13-14-15)7-3-8(16(18)19)10-9(4-7)21-6-22-10/h3-5H,1-2,6H2. The van der Waals surface area contributed by atoms with Gasteiger partial charge in [0.15, 0.2) is 5.75 Å². The molecule has 114 valence electrons. The van der Waals surface area contributed by atoms with Gasteiger partial charge in [-0.3, -0.25) is 10.1 Å². The highest BCUT2D eigenvalue weighted by Gasteiger charge is 2.28. The Labute approximate surface area is 122 Å². The molecule has 0 amide bonds. The van der Waals surface area contributed by atoms with Crippen LogP contribution < -0.4 is 9.47 Å². The molecule has 0 N–H and O–H groups in total. The molecule has 0 aliphatic carbocycles. The van der Waals surface area contributed by atoms with Gasteiger partial charge in [0.25, 0.3) is 0 Å². The van der Waals surface area contributed by atoms with Crippen molar-refractivity contribution in [2.24, 2.45) is 0 Å². The average molecular weight is 307 g/mol. The number of rotatable bonds is 5. The van der Waals surface area contributed by atoms with Gasteiger partial charge >= 0.3 is 11.7 Å². The van der Waals surface area contributed by atoms with Gasteiger partial charge in [-0.05, 0) is 16.5 Å². The Morgan fingerprint density at radius 3 is 3.05 bits per heavy atom. The van der Waals surface area contributed by atoms with Crippen LogP contribution in [-0.2, 0) is 11.3 Å². The van der Waals surface area contributed by atoms with Crippen LogP contribution in [0.15, 0.2) is 18.5 Å². The maximum atomic E-state index is 11.9. The number of carbonyl (C=O) groups is 1. The Balaban J connectivity index is 1.72. The highest BCUT2D eigenvalue weighted by Crippen LogP contribution is 2.41. The van der Waals surface area contributed by atoms with Gasteiger partial charge in [-0.15, -0.1) is 5.10 Å². The summed E-state index contributed by atoms with van der Waals surface area (Å²) in [6.45, 7) is 0.158. The molecule has 11 heteroatoms. The number of hydrogen-bond acceptors (Lipinski definition) is 9. The van der Waals surface area contributed by atoms with E-state index in [1.165, 1.54) is 17.1 Å². The molecule has 0 radical (unpaired) electrons. The summed E-state index contributed by atoms with van der Waals surface area (Å²) < 4.78 is 16.5. The second kappa shape index (κ2) is 5.63. The highest BCUT2D eigenvalue weighted by atomic mass is 16.7. The fourth-order valence-corrected chi connectivity index (χ4v) is 1.84. The first kappa shape index (κ1) is 13.7. The molecule has 22 heavy (non-hydrogen) atoms. The Kier molecular flexibility index (Phi) is 3.52. The molecule has 0 saturated heterocycles. The first-order chi connectivity index (χ1) is 10.6. The molecule has 1 aromatic carbocycles. The molecule has 1 aliphatic rings. The number of esters is 1. The van der Waals surface area contributed by atoms with E-state index in [4.69, 9.17) is 14.2 Å². The van der Waals surface area contributed by atoms with E-state index in [-0.39, 0.29) is 42.7 Å². The minimum Gasteiger partial charge on any atom is -0.460 e. The van der Waals surface area contributed by atoms with Crippen molar-refractivity contribution < 1.29 is 23.9 Å². The zero-order chi connectivity index (χ0) is 15.5. The third kappa shape index (κ3) is 2.63. The summed E-state index contributed by atoms with van der Waals surface area (Å²) in [6.07, 6.45) is 1.37. The summed E-state index contributed by atoms with van der Waals surface area (Å²) in [6, 6.07) is 2.43. The van der Waals surface area contributed by atoms with Crippen LogP contribution >= 0.6 is 0 Å². The van der Waals surface area contributed by atoms with Crippen LogP contribution in [0.4, 0.5) is 5.69 Å². The number of aromatic nitrogens is 4. The molecule has 0 saturated carbocycles. The van der Waals surface area contributed by atoms with E-state index in [1.54, 1.807) is 0 Å². The number of nitro benzene ring substituents is 1. The Hall–Kier alpha value is -3.24. The molecule has 0 spiro atoms. The van der Waals surface area contributed by atoms with Gasteiger partial charge in [-0.1, -0.05) is 0 Å². The predicted molar refractivity (Wildman–Crippen MR) is 67.3 cm³/mol. The van der Waals surface area contributed by atoms with Crippen molar-refractivity contribution in [1.82, 2.24) is 20.2 Å². The molecular weight excluding hydrogens is 298 g/mol. The summed E-state index contributed by atoms with van der Waals surface area (Å²) in [5.41, 5.74) is -0.338. The second-order valence-corrected chi connectivity index (χ2v) is 4.20. The summed E-state index contributed by atoms with van der Waals surface area (Å²) in [5.74, 6) is -0.564. The lowest BCUT2D eigenvalue weighted by atomic mass is 10.1. The molecule has 3 rings (SSSR count). The highest BCUT2D eigenvalue weighted by molar-refractivity contribution is 5.91. The van der Waals surface area contributed by atoms with Gasteiger partial charge in [0.1, 0.15) is 12.9 Å². The van der Waals surface area contributed by atoms with Crippen LogP contribution in [0.5, 0.6) is 11.5 Å². The third-order valence-electron chi connectivity index (χ3n) is 2.83. The molecule has 2 heterocycles. The molecule has 0 unspecified atom stereocenters. The lowest BCUT2D eigenvalue weighted by Crippen LogP contribution is -2.12. The lowest BCUT2D eigenvalue weighted by molar-refractivity contribution is -0.385. The van der Waals surface area contributed by atoms with Crippen molar-refractivity contribution in [2.45, 2.75) is 6.54 Å². The maximum absolute atomic E-state index is 11.9. The van der Waals surface area contributed by atoms with Crippen LogP contribution in [0.2, 0.25) is 0 Å². The van der Waals surface area contributed by atoms with Crippen molar-refractivity contribution in [1.29, 1.82) is 0 Å². The van der Waals surface area contributed by atoms with Crippen molar-refractivity contribution in [3.8, 4) is 11.5 Å². The van der Waals surface area contributed by atoms with Crippen molar-refractivity contribution in [3.05, 3.63) is 34.1 Å². The third-order valence-corrected chi connectivity index (χ3v) is 2.83. The number of benzene rings is 1. The number of tetrazole rings is 1. The quantitative estimate of drug-likeness (QED) is 0.430. The number of ether oxygens (including phenoxy) is 3. The van der Waals surface area contributed by atoms with Gasteiger partial charge in [0.2, 0.25) is 12.5 Å². The molecular formula is C11H9N5O6. The van der Waals surface area contributed by atoms with Crippen LogP contribution in [0.3, 0.4) is 0 Å². The van der Waals surface area contributed by atoms with Gasteiger partial charge in [-0.25, -0.2) is 9.48 Å². The largest absolute Gasteiger partial charge is 0.460 e. The Morgan fingerprint density at radius 2 is 2.32 bits per heavy atom. The molecule has 1 aliphatic heterocycles. The van der Waals surface area contributed by atoms with E-state index < -0.39 is 10.9 Å². The van der Waals surface area contributed by atoms with E-state index in [9.17, 15) is 14.9 Å². The van der Waals surface area contributed by atoms with Gasteiger partial charge < -0.3 is 14.2 Å². The lowest BCUT2D eigenvalue weighted by Gasteiger charge is -2.05. The summed E-state index contributed by atoms with van der Waals surface area (Å²) in [4.78, 5) is 22.3. The predicted octanol–water partition coefficient (Wildman–Crippen LogP) is 0.167. The van der Waals surface area contributed by atoms with Crippen molar-refractivity contribution in [3.63, 3.8) is 0 Å². The van der Waals surface area contributed by atoms with Gasteiger partial charge in [0.05, 0.1) is 17.0 Å². The second-order valence-electron chi connectivity index (χ2n) is 4.20. The SMILES string of the molecule is O=C(OCCn1cnnn1)c1cc2c(c([N+](=O)[O-])c1)OCO2. The number of carbonyl (C=O) groups excluding carboxylic acids is 1. The van der Waals surface area contributed by atoms with E-state index in [0.29, 0.717) is 0 Å². The zero-order valence-corrected chi connectivity index (χ0v) is 11.0. The average Bonchev–Trinajstić information content (AvgIpc) is 3.16. The van der Waals surface area contributed by atoms with Crippen LogP contribution in [-0.4, -0.2) is 44.5 Å². The number of hydrogen-bond donors (Lipinski definition) is 0. The summed E-state index contributed by atoms with van der Waals surface area (Å²) in [5, 5.41) is 21.5. The molecule has 1 aromatic heterocycles. The van der Waals surface area contributed by atoms with Crippen LogP contribution in [0.25, 0.3) is 0 Å². The number of nitro groups is 1. The van der Waals surface area contributed by atoms with E-state index in [1.807, 2.05) is 0 Å². The molecule has 2 aromatic rings.